The molecule has 1 aromatic heterocycles. The van der Waals surface area contributed by atoms with E-state index in [0.29, 0.717) is 22.5 Å². The SMILES string of the molecule is COc1cc(Nc2cc(NN)nc(SC)n2)ccc1F. The topological polar surface area (TPSA) is 85.1 Å². The van der Waals surface area contributed by atoms with E-state index in [0.717, 1.165) is 0 Å². The smallest absolute Gasteiger partial charge is 0.191 e. The molecule has 0 aliphatic carbocycles. The van der Waals surface area contributed by atoms with Gasteiger partial charge in [0.05, 0.1) is 7.11 Å². The first kappa shape index (κ1) is 14.4. The lowest BCUT2D eigenvalue weighted by Gasteiger charge is -2.10. The van der Waals surface area contributed by atoms with Crippen LogP contribution in [-0.2, 0) is 0 Å². The zero-order chi connectivity index (χ0) is 14.5. The molecule has 0 saturated carbocycles. The molecule has 0 aliphatic heterocycles. The van der Waals surface area contributed by atoms with E-state index in [2.05, 4.69) is 20.7 Å². The van der Waals surface area contributed by atoms with Crippen molar-refractivity contribution in [3.05, 3.63) is 30.1 Å². The number of nitrogens with two attached hydrogens (primary N) is 1. The molecule has 0 saturated heterocycles. The number of rotatable bonds is 5. The highest BCUT2D eigenvalue weighted by atomic mass is 32.2. The Balaban J connectivity index is 2.29. The van der Waals surface area contributed by atoms with Crippen LogP contribution in [0.5, 0.6) is 5.75 Å². The third-order valence-electron chi connectivity index (χ3n) is 2.46. The second kappa shape index (κ2) is 6.40. The number of ether oxygens (including phenoxy) is 1. The molecule has 0 radical (unpaired) electrons. The summed E-state index contributed by atoms with van der Waals surface area (Å²) in [4.78, 5) is 8.43. The Kier molecular flexibility index (Phi) is 4.59. The van der Waals surface area contributed by atoms with Crippen LogP contribution in [0, 0.1) is 5.82 Å². The number of nitrogens with one attached hydrogen (secondary N) is 2. The largest absolute Gasteiger partial charge is 0.494 e. The number of methoxy groups -OCH3 is 1. The van der Waals surface area contributed by atoms with Gasteiger partial charge >= 0.3 is 0 Å². The lowest BCUT2D eigenvalue weighted by Crippen LogP contribution is -2.10. The average molecular weight is 295 g/mol. The van der Waals surface area contributed by atoms with Crippen LogP contribution in [0.15, 0.2) is 29.4 Å². The van der Waals surface area contributed by atoms with Gasteiger partial charge in [-0.15, -0.1) is 0 Å². The minimum Gasteiger partial charge on any atom is -0.494 e. The van der Waals surface area contributed by atoms with Crippen molar-refractivity contribution >= 4 is 29.1 Å². The van der Waals surface area contributed by atoms with Gasteiger partial charge in [0.25, 0.3) is 0 Å². The first-order chi connectivity index (χ1) is 9.66. The summed E-state index contributed by atoms with van der Waals surface area (Å²) in [6.45, 7) is 0. The predicted molar refractivity (Wildman–Crippen MR) is 77.9 cm³/mol. The Morgan fingerprint density at radius 3 is 2.65 bits per heavy atom. The lowest BCUT2D eigenvalue weighted by molar-refractivity contribution is 0.387. The van der Waals surface area contributed by atoms with Crippen molar-refractivity contribution in [3.8, 4) is 5.75 Å². The minimum atomic E-state index is -0.421. The molecular formula is C12H14FN5OS. The molecule has 1 aromatic carbocycles. The lowest BCUT2D eigenvalue weighted by atomic mass is 10.3. The maximum absolute atomic E-state index is 13.3. The van der Waals surface area contributed by atoms with E-state index >= 15 is 0 Å². The van der Waals surface area contributed by atoms with Crippen molar-refractivity contribution in [2.45, 2.75) is 5.16 Å². The number of thioether (sulfide) groups is 1. The first-order valence-corrected chi connectivity index (χ1v) is 6.89. The molecule has 0 fully saturated rings. The van der Waals surface area contributed by atoms with Gasteiger partial charge in [0.1, 0.15) is 11.6 Å². The van der Waals surface area contributed by atoms with Crippen molar-refractivity contribution in [2.75, 3.05) is 24.1 Å². The summed E-state index contributed by atoms with van der Waals surface area (Å²) in [6.07, 6.45) is 1.86. The van der Waals surface area contributed by atoms with Crippen LogP contribution in [0.4, 0.5) is 21.7 Å². The highest BCUT2D eigenvalue weighted by molar-refractivity contribution is 7.98. The van der Waals surface area contributed by atoms with E-state index in [-0.39, 0.29) is 5.75 Å². The van der Waals surface area contributed by atoms with Gasteiger partial charge < -0.3 is 15.5 Å². The van der Waals surface area contributed by atoms with Gasteiger partial charge in [-0.05, 0) is 18.4 Å². The number of nitrogen functional groups attached to an aromatic ring is 1. The Hall–Kier alpha value is -2.06. The number of hydrazine groups is 1. The number of aromatic nitrogens is 2. The fourth-order valence-electron chi connectivity index (χ4n) is 1.54. The molecule has 0 bridgehead atoms. The van der Waals surface area contributed by atoms with E-state index in [4.69, 9.17) is 10.6 Å². The third kappa shape index (κ3) is 3.28. The van der Waals surface area contributed by atoms with Crippen molar-refractivity contribution < 1.29 is 9.13 Å². The quantitative estimate of drug-likeness (QED) is 0.338. The van der Waals surface area contributed by atoms with E-state index < -0.39 is 5.82 Å². The second-order valence-electron chi connectivity index (χ2n) is 3.74. The molecule has 2 aromatic rings. The van der Waals surface area contributed by atoms with Crippen molar-refractivity contribution in [3.63, 3.8) is 0 Å². The fourth-order valence-corrected chi connectivity index (χ4v) is 1.92. The van der Waals surface area contributed by atoms with Crippen LogP contribution in [0.25, 0.3) is 0 Å². The Bertz CT molecular complexity index is 588. The average Bonchev–Trinajstić information content (AvgIpc) is 2.48. The molecule has 106 valence electrons. The van der Waals surface area contributed by atoms with Gasteiger partial charge in [-0.3, -0.25) is 0 Å². The maximum Gasteiger partial charge on any atom is 0.191 e. The molecule has 0 aliphatic rings. The molecule has 0 unspecified atom stereocenters. The van der Waals surface area contributed by atoms with E-state index in [1.165, 1.54) is 24.9 Å². The minimum absolute atomic E-state index is 0.159. The van der Waals surface area contributed by atoms with Crippen molar-refractivity contribution in [1.29, 1.82) is 0 Å². The van der Waals surface area contributed by atoms with Crippen LogP contribution in [0.3, 0.4) is 0 Å². The molecule has 2 rings (SSSR count). The molecule has 20 heavy (non-hydrogen) atoms. The second-order valence-corrected chi connectivity index (χ2v) is 4.52. The summed E-state index contributed by atoms with van der Waals surface area (Å²) in [5, 5.41) is 3.62. The predicted octanol–water partition coefficient (Wildman–Crippen LogP) is 2.38. The number of anilines is 3. The van der Waals surface area contributed by atoms with E-state index in [1.807, 2.05) is 6.26 Å². The summed E-state index contributed by atoms with van der Waals surface area (Å²) in [7, 11) is 1.41. The molecule has 0 atom stereocenters. The van der Waals surface area contributed by atoms with Gasteiger partial charge in [0.2, 0.25) is 0 Å². The molecule has 4 N–H and O–H groups in total. The summed E-state index contributed by atoms with van der Waals surface area (Å²) in [5.41, 5.74) is 3.12. The first-order valence-electron chi connectivity index (χ1n) is 5.66. The highest BCUT2D eigenvalue weighted by Crippen LogP contribution is 2.25. The number of hydrogen-bond acceptors (Lipinski definition) is 7. The molecule has 8 heteroatoms. The Morgan fingerprint density at radius 1 is 1.25 bits per heavy atom. The van der Waals surface area contributed by atoms with Crippen LogP contribution < -0.4 is 21.3 Å². The monoisotopic (exact) mass is 295 g/mol. The van der Waals surface area contributed by atoms with Crippen LogP contribution >= 0.6 is 11.8 Å². The summed E-state index contributed by atoms with van der Waals surface area (Å²) >= 11 is 1.39. The van der Waals surface area contributed by atoms with Gasteiger partial charge in [0.15, 0.2) is 16.7 Å². The Labute approximate surface area is 119 Å². The van der Waals surface area contributed by atoms with Crippen LogP contribution in [-0.4, -0.2) is 23.3 Å². The van der Waals surface area contributed by atoms with Crippen LogP contribution in [0.2, 0.25) is 0 Å². The zero-order valence-electron chi connectivity index (χ0n) is 11.0. The fraction of sp³-hybridized carbons (Fsp3) is 0.167. The highest BCUT2D eigenvalue weighted by Gasteiger charge is 2.06. The summed E-state index contributed by atoms with van der Waals surface area (Å²) in [6, 6.07) is 6.11. The standard InChI is InChI=1S/C12H14FN5OS/c1-19-9-5-7(3-4-8(9)13)15-10-6-11(18-14)17-12(16-10)20-2/h3-6H,14H2,1-2H3,(H2,15,16,17,18). The normalized spacial score (nSPS) is 10.2. The van der Waals surface area contributed by atoms with Crippen molar-refractivity contribution in [2.24, 2.45) is 5.84 Å². The number of benzene rings is 1. The number of hydrogen-bond donors (Lipinski definition) is 3. The van der Waals surface area contributed by atoms with Gasteiger partial charge in [-0.2, -0.15) is 0 Å². The number of nitrogens with zero attached hydrogens (tertiary/aromatic N) is 2. The van der Waals surface area contributed by atoms with Crippen LogP contribution in [0.1, 0.15) is 0 Å². The summed E-state index contributed by atoms with van der Waals surface area (Å²) < 4.78 is 18.3. The Morgan fingerprint density at radius 2 is 2.00 bits per heavy atom. The molecule has 1 heterocycles. The van der Waals surface area contributed by atoms with Crippen molar-refractivity contribution in [1.82, 2.24) is 9.97 Å². The van der Waals surface area contributed by atoms with Gasteiger partial charge in [-0.25, -0.2) is 20.2 Å². The third-order valence-corrected chi connectivity index (χ3v) is 3.01. The van der Waals surface area contributed by atoms with E-state index in [9.17, 15) is 4.39 Å². The van der Waals surface area contributed by atoms with Gasteiger partial charge in [0, 0.05) is 17.8 Å². The molecule has 0 amide bonds. The van der Waals surface area contributed by atoms with Gasteiger partial charge in [-0.1, -0.05) is 11.8 Å². The van der Waals surface area contributed by atoms with E-state index in [1.54, 1.807) is 18.2 Å². The molecular weight excluding hydrogens is 281 g/mol. The zero-order valence-corrected chi connectivity index (χ0v) is 11.8. The number of halogens is 1. The molecule has 0 spiro atoms. The maximum atomic E-state index is 13.3. The summed E-state index contributed by atoms with van der Waals surface area (Å²) in [5.74, 6) is 6.13. The molecule has 6 nitrogen and oxygen atoms in total.